The van der Waals surface area contributed by atoms with Gasteiger partial charge in [-0.25, -0.2) is 9.97 Å². The Labute approximate surface area is 97.8 Å². The molecule has 0 spiro atoms. The fourth-order valence-corrected chi connectivity index (χ4v) is 1.18. The Hall–Kier alpha value is -1.49. The molecule has 1 aromatic heterocycles. The van der Waals surface area contributed by atoms with Gasteiger partial charge in [0.05, 0.1) is 11.6 Å². The normalized spacial score (nSPS) is 11.9. The van der Waals surface area contributed by atoms with Crippen molar-refractivity contribution in [3.63, 3.8) is 0 Å². The molecule has 0 aromatic carbocycles. The smallest absolute Gasteiger partial charge is 0.316 e. The largest absolute Gasteiger partial charge is 0.465 e. The lowest BCUT2D eigenvalue weighted by Crippen LogP contribution is -2.22. The fourth-order valence-electron chi connectivity index (χ4n) is 1.08. The van der Waals surface area contributed by atoms with Crippen LogP contribution in [0.25, 0.3) is 0 Å². The fraction of sp³-hybridized carbons (Fsp3) is 0.400. The standard InChI is InChI=1S/C10H11ClN2O3/c1-2-16-10(15)7(6-14)3-9-12-4-8(11)5-13-9/h4-7H,2-3H2,1H3. The van der Waals surface area contributed by atoms with Crippen molar-refractivity contribution in [2.45, 2.75) is 13.3 Å². The van der Waals surface area contributed by atoms with Gasteiger partial charge in [-0.15, -0.1) is 0 Å². The number of aromatic nitrogens is 2. The van der Waals surface area contributed by atoms with Crippen molar-refractivity contribution in [2.24, 2.45) is 5.92 Å². The van der Waals surface area contributed by atoms with E-state index in [0.717, 1.165) is 0 Å². The highest BCUT2D eigenvalue weighted by atomic mass is 35.5. The maximum atomic E-state index is 11.3. The summed E-state index contributed by atoms with van der Waals surface area (Å²) in [6, 6.07) is 0. The van der Waals surface area contributed by atoms with Crippen LogP contribution in [0.5, 0.6) is 0 Å². The van der Waals surface area contributed by atoms with Crippen LogP contribution in [0.4, 0.5) is 0 Å². The van der Waals surface area contributed by atoms with Crippen molar-refractivity contribution in [1.29, 1.82) is 0 Å². The molecule has 1 heterocycles. The van der Waals surface area contributed by atoms with Crippen LogP contribution in [0, 0.1) is 5.92 Å². The zero-order valence-electron chi connectivity index (χ0n) is 8.72. The van der Waals surface area contributed by atoms with E-state index < -0.39 is 11.9 Å². The Bertz CT molecular complexity index is 367. The van der Waals surface area contributed by atoms with E-state index in [1.807, 2.05) is 0 Å². The first kappa shape index (κ1) is 12.6. The van der Waals surface area contributed by atoms with Crippen LogP contribution in [0.15, 0.2) is 12.4 Å². The van der Waals surface area contributed by atoms with Gasteiger partial charge in [-0.2, -0.15) is 0 Å². The van der Waals surface area contributed by atoms with Gasteiger partial charge in [-0.3, -0.25) is 4.79 Å². The van der Waals surface area contributed by atoms with Crippen molar-refractivity contribution >= 4 is 23.9 Å². The predicted octanol–water partition coefficient (Wildman–Crippen LogP) is 1.05. The lowest BCUT2D eigenvalue weighted by Gasteiger charge is -2.07. The molecule has 5 nitrogen and oxygen atoms in total. The molecule has 0 fully saturated rings. The maximum Gasteiger partial charge on any atom is 0.316 e. The molecule has 0 aliphatic rings. The highest BCUT2D eigenvalue weighted by Crippen LogP contribution is 2.07. The second-order valence-electron chi connectivity index (χ2n) is 3.02. The Morgan fingerprint density at radius 3 is 2.69 bits per heavy atom. The Balaban J connectivity index is 2.66. The lowest BCUT2D eigenvalue weighted by atomic mass is 10.1. The number of aldehydes is 1. The summed E-state index contributed by atoms with van der Waals surface area (Å²) in [5.74, 6) is -1.04. The number of hydrogen-bond acceptors (Lipinski definition) is 5. The third-order valence-electron chi connectivity index (χ3n) is 1.83. The molecule has 1 rings (SSSR count). The van der Waals surface area contributed by atoms with Crippen LogP contribution in [-0.4, -0.2) is 28.8 Å². The van der Waals surface area contributed by atoms with Crippen molar-refractivity contribution in [2.75, 3.05) is 6.61 Å². The SMILES string of the molecule is CCOC(=O)C(C=O)Cc1ncc(Cl)cn1. The van der Waals surface area contributed by atoms with Crippen molar-refractivity contribution in [3.05, 3.63) is 23.2 Å². The number of nitrogens with zero attached hydrogens (tertiary/aromatic N) is 2. The molecule has 0 saturated heterocycles. The van der Waals surface area contributed by atoms with Crippen LogP contribution in [0.3, 0.4) is 0 Å². The summed E-state index contributed by atoms with van der Waals surface area (Å²) in [7, 11) is 0. The molecule has 0 saturated carbocycles. The third kappa shape index (κ3) is 3.58. The number of esters is 1. The number of hydrogen-bond donors (Lipinski definition) is 0. The van der Waals surface area contributed by atoms with Gasteiger partial charge in [0.1, 0.15) is 18.0 Å². The van der Waals surface area contributed by atoms with Crippen LogP contribution in [0.2, 0.25) is 5.02 Å². The van der Waals surface area contributed by atoms with Gasteiger partial charge in [0, 0.05) is 18.8 Å². The van der Waals surface area contributed by atoms with Crippen LogP contribution < -0.4 is 0 Å². The minimum Gasteiger partial charge on any atom is -0.465 e. The number of ether oxygens (including phenoxy) is 1. The Kier molecular flexibility index (Phi) is 4.85. The van der Waals surface area contributed by atoms with E-state index >= 15 is 0 Å². The van der Waals surface area contributed by atoms with Gasteiger partial charge in [0.25, 0.3) is 0 Å². The lowest BCUT2D eigenvalue weighted by molar-refractivity contribution is -0.149. The predicted molar refractivity (Wildman–Crippen MR) is 56.9 cm³/mol. The minimum atomic E-state index is -0.860. The molecule has 0 radical (unpaired) electrons. The molecular formula is C10H11ClN2O3. The third-order valence-corrected chi connectivity index (χ3v) is 2.03. The number of carbonyl (C=O) groups is 2. The first-order valence-corrected chi connectivity index (χ1v) is 5.13. The van der Waals surface area contributed by atoms with Gasteiger partial charge in [-0.05, 0) is 6.92 Å². The van der Waals surface area contributed by atoms with E-state index in [4.69, 9.17) is 16.3 Å². The molecule has 6 heteroatoms. The molecule has 0 bridgehead atoms. The minimum absolute atomic E-state index is 0.125. The van der Waals surface area contributed by atoms with E-state index in [0.29, 0.717) is 17.1 Å². The van der Waals surface area contributed by atoms with Crippen molar-refractivity contribution in [3.8, 4) is 0 Å². The highest BCUT2D eigenvalue weighted by Gasteiger charge is 2.20. The number of rotatable bonds is 5. The summed E-state index contributed by atoms with van der Waals surface area (Å²) in [6.07, 6.45) is 3.49. The summed E-state index contributed by atoms with van der Waals surface area (Å²) in [6.45, 7) is 1.92. The second kappa shape index (κ2) is 6.17. The first-order valence-electron chi connectivity index (χ1n) is 4.75. The zero-order valence-corrected chi connectivity index (χ0v) is 9.48. The molecule has 86 valence electrons. The summed E-state index contributed by atoms with van der Waals surface area (Å²) < 4.78 is 4.74. The van der Waals surface area contributed by atoms with Crippen molar-refractivity contribution < 1.29 is 14.3 Å². The summed E-state index contributed by atoms with van der Waals surface area (Å²) in [4.78, 5) is 29.8. The molecule has 0 amide bonds. The molecule has 0 N–H and O–H groups in total. The topological polar surface area (TPSA) is 69.2 Å². The molecule has 1 atom stereocenters. The monoisotopic (exact) mass is 242 g/mol. The van der Waals surface area contributed by atoms with Gasteiger partial charge in [-0.1, -0.05) is 11.6 Å². The zero-order chi connectivity index (χ0) is 12.0. The van der Waals surface area contributed by atoms with Crippen molar-refractivity contribution in [1.82, 2.24) is 9.97 Å². The average Bonchev–Trinajstić information content (AvgIpc) is 2.28. The average molecular weight is 243 g/mol. The van der Waals surface area contributed by atoms with E-state index in [-0.39, 0.29) is 13.0 Å². The second-order valence-corrected chi connectivity index (χ2v) is 3.45. The Morgan fingerprint density at radius 2 is 2.19 bits per heavy atom. The van der Waals surface area contributed by atoms with Gasteiger partial charge in [0.15, 0.2) is 0 Å². The van der Waals surface area contributed by atoms with Gasteiger partial charge in [0.2, 0.25) is 0 Å². The molecule has 1 aromatic rings. The van der Waals surface area contributed by atoms with Crippen LogP contribution in [0.1, 0.15) is 12.7 Å². The molecule has 0 aliphatic heterocycles. The summed E-state index contributed by atoms with van der Waals surface area (Å²) in [5, 5.41) is 0.405. The van der Waals surface area contributed by atoms with Crippen LogP contribution in [-0.2, 0) is 20.7 Å². The van der Waals surface area contributed by atoms with E-state index in [1.54, 1.807) is 6.92 Å². The maximum absolute atomic E-state index is 11.3. The van der Waals surface area contributed by atoms with Gasteiger partial charge >= 0.3 is 5.97 Å². The molecule has 16 heavy (non-hydrogen) atoms. The molecule has 1 unspecified atom stereocenters. The number of carbonyl (C=O) groups excluding carboxylic acids is 2. The molecular weight excluding hydrogens is 232 g/mol. The first-order chi connectivity index (χ1) is 7.67. The highest BCUT2D eigenvalue weighted by molar-refractivity contribution is 6.30. The van der Waals surface area contributed by atoms with Gasteiger partial charge < -0.3 is 9.53 Å². The molecule has 0 aliphatic carbocycles. The van der Waals surface area contributed by atoms with Crippen LogP contribution >= 0.6 is 11.6 Å². The quantitative estimate of drug-likeness (QED) is 0.439. The Morgan fingerprint density at radius 1 is 1.56 bits per heavy atom. The summed E-state index contributed by atoms with van der Waals surface area (Å²) >= 11 is 5.61. The van der Waals surface area contributed by atoms with E-state index in [1.165, 1.54) is 12.4 Å². The van der Waals surface area contributed by atoms with E-state index in [2.05, 4.69) is 9.97 Å². The van der Waals surface area contributed by atoms with E-state index in [9.17, 15) is 9.59 Å². The summed E-state index contributed by atoms with van der Waals surface area (Å²) in [5.41, 5.74) is 0. The number of halogens is 1.